The third kappa shape index (κ3) is 2.26. The quantitative estimate of drug-likeness (QED) is 0.801. The molecule has 1 unspecified atom stereocenters. The number of aliphatic hydroxyl groups is 1. The highest BCUT2D eigenvalue weighted by atomic mass is 32.1. The van der Waals surface area contributed by atoms with E-state index in [1.54, 1.807) is 22.2 Å². The second kappa shape index (κ2) is 5.56. The number of aryl methyl sites for hydroxylation is 1. The van der Waals surface area contributed by atoms with Gasteiger partial charge in [0.15, 0.2) is 0 Å². The first-order chi connectivity index (χ1) is 9.81. The number of benzene rings is 1. The lowest BCUT2D eigenvalue weighted by molar-refractivity contribution is 0.215. The molecule has 2 heterocycles. The number of rotatable bonds is 4. The Morgan fingerprint density at radius 2 is 2.05 bits per heavy atom. The summed E-state index contributed by atoms with van der Waals surface area (Å²) < 4.78 is 1.68. The SMILES string of the molecule is CCc1ccsc1C(O)c1cnnn1-c1ccccc1. The molecule has 102 valence electrons. The van der Waals surface area contributed by atoms with Gasteiger partial charge in [0, 0.05) is 4.88 Å². The smallest absolute Gasteiger partial charge is 0.132 e. The van der Waals surface area contributed by atoms with E-state index in [-0.39, 0.29) is 0 Å². The molecule has 20 heavy (non-hydrogen) atoms. The van der Waals surface area contributed by atoms with Gasteiger partial charge >= 0.3 is 0 Å². The molecule has 3 aromatic rings. The summed E-state index contributed by atoms with van der Waals surface area (Å²) >= 11 is 1.57. The molecular formula is C15H15N3OS. The number of hydrogen-bond acceptors (Lipinski definition) is 4. The molecular weight excluding hydrogens is 270 g/mol. The van der Waals surface area contributed by atoms with Crippen LogP contribution in [0.4, 0.5) is 0 Å². The van der Waals surface area contributed by atoms with E-state index in [2.05, 4.69) is 23.3 Å². The molecule has 4 nitrogen and oxygen atoms in total. The van der Waals surface area contributed by atoms with E-state index in [0.717, 1.165) is 17.0 Å². The van der Waals surface area contributed by atoms with Gasteiger partial charge in [-0.25, -0.2) is 4.68 Å². The maximum atomic E-state index is 10.6. The minimum atomic E-state index is -0.694. The Kier molecular flexibility index (Phi) is 3.62. The zero-order valence-corrected chi connectivity index (χ0v) is 11.9. The largest absolute Gasteiger partial charge is 0.381 e. The number of para-hydroxylation sites is 1. The molecule has 0 radical (unpaired) electrons. The van der Waals surface area contributed by atoms with E-state index >= 15 is 0 Å². The van der Waals surface area contributed by atoms with Crippen molar-refractivity contribution in [1.82, 2.24) is 15.0 Å². The van der Waals surface area contributed by atoms with Gasteiger partial charge in [-0.05, 0) is 35.6 Å². The van der Waals surface area contributed by atoms with Crippen LogP contribution < -0.4 is 0 Å². The van der Waals surface area contributed by atoms with Crippen molar-refractivity contribution in [2.75, 3.05) is 0 Å². The van der Waals surface area contributed by atoms with Crippen LogP contribution in [0.25, 0.3) is 5.69 Å². The van der Waals surface area contributed by atoms with Crippen molar-refractivity contribution in [3.05, 3.63) is 64.1 Å². The first-order valence-corrected chi connectivity index (χ1v) is 7.39. The molecule has 1 N–H and O–H groups in total. The van der Waals surface area contributed by atoms with Crippen molar-refractivity contribution in [2.24, 2.45) is 0 Å². The van der Waals surface area contributed by atoms with Crippen LogP contribution in [0, 0.1) is 0 Å². The van der Waals surface area contributed by atoms with Crippen molar-refractivity contribution in [2.45, 2.75) is 19.4 Å². The molecule has 0 saturated carbocycles. The number of aliphatic hydroxyl groups excluding tert-OH is 1. The molecule has 0 amide bonds. The van der Waals surface area contributed by atoms with Gasteiger partial charge in [-0.3, -0.25) is 0 Å². The van der Waals surface area contributed by atoms with E-state index in [9.17, 15) is 5.11 Å². The van der Waals surface area contributed by atoms with Gasteiger partial charge in [0.1, 0.15) is 6.10 Å². The molecule has 2 aromatic heterocycles. The van der Waals surface area contributed by atoms with Gasteiger partial charge in [-0.15, -0.1) is 16.4 Å². The van der Waals surface area contributed by atoms with Crippen LogP contribution in [-0.2, 0) is 6.42 Å². The predicted octanol–water partition coefficient (Wildman–Crippen LogP) is 2.97. The summed E-state index contributed by atoms with van der Waals surface area (Å²) in [6.07, 6.45) is 1.83. The predicted molar refractivity (Wildman–Crippen MR) is 79.1 cm³/mol. The summed E-state index contributed by atoms with van der Waals surface area (Å²) in [5, 5.41) is 20.7. The summed E-state index contributed by atoms with van der Waals surface area (Å²) in [5.41, 5.74) is 2.75. The highest BCUT2D eigenvalue weighted by molar-refractivity contribution is 7.10. The maximum Gasteiger partial charge on any atom is 0.132 e. The normalized spacial score (nSPS) is 12.5. The van der Waals surface area contributed by atoms with E-state index < -0.39 is 6.10 Å². The summed E-state index contributed by atoms with van der Waals surface area (Å²) in [5.74, 6) is 0. The molecule has 0 bridgehead atoms. The average Bonchev–Trinajstić information content (AvgIpc) is 3.16. The molecule has 5 heteroatoms. The van der Waals surface area contributed by atoms with Crippen LogP contribution in [0.5, 0.6) is 0 Å². The Morgan fingerprint density at radius 3 is 2.80 bits per heavy atom. The lowest BCUT2D eigenvalue weighted by Crippen LogP contribution is -2.08. The second-order valence-corrected chi connectivity index (χ2v) is 5.42. The van der Waals surface area contributed by atoms with E-state index in [4.69, 9.17) is 0 Å². The van der Waals surface area contributed by atoms with Gasteiger partial charge in [0.25, 0.3) is 0 Å². The van der Waals surface area contributed by atoms with E-state index in [1.807, 2.05) is 35.7 Å². The highest BCUT2D eigenvalue weighted by Crippen LogP contribution is 2.30. The van der Waals surface area contributed by atoms with Crippen molar-refractivity contribution in [1.29, 1.82) is 0 Å². The Labute approximate surface area is 121 Å². The van der Waals surface area contributed by atoms with Crippen LogP contribution in [-0.4, -0.2) is 20.1 Å². The third-order valence-electron chi connectivity index (χ3n) is 3.27. The summed E-state index contributed by atoms with van der Waals surface area (Å²) in [6, 6.07) is 11.8. The van der Waals surface area contributed by atoms with Crippen LogP contribution in [0.1, 0.15) is 29.2 Å². The summed E-state index contributed by atoms with van der Waals surface area (Å²) in [4.78, 5) is 0.965. The molecule has 0 spiro atoms. The molecule has 1 aromatic carbocycles. The van der Waals surface area contributed by atoms with Crippen LogP contribution in [0.2, 0.25) is 0 Å². The van der Waals surface area contributed by atoms with E-state index in [1.165, 1.54) is 5.56 Å². The van der Waals surface area contributed by atoms with Gasteiger partial charge in [0.05, 0.1) is 17.6 Å². The highest BCUT2D eigenvalue weighted by Gasteiger charge is 2.20. The Bertz CT molecular complexity index is 690. The Balaban J connectivity index is 2.02. The standard InChI is InChI=1S/C15H15N3OS/c1-2-11-8-9-20-15(11)14(19)13-10-16-17-18(13)12-6-4-3-5-7-12/h3-10,14,19H,2H2,1H3. The zero-order chi connectivity index (χ0) is 13.9. The first kappa shape index (κ1) is 13.0. The molecule has 0 aliphatic heterocycles. The Morgan fingerprint density at radius 1 is 1.25 bits per heavy atom. The van der Waals surface area contributed by atoms with Gasteiger partial charge < -0.3 is 5.11 Å². The van der Waals surface area contributed by atoms with Crippen molar-refractivity contribution < 1.29 is 5.11 Å². The number of thiophene rings is 1. The molecule has 0 fully saturated rings. The molecule has 3 rings (SSSR count). The number of hydrogen-bond donors (Lipinski definition) is 1. The van der Waals surface area contributed by atoms with Crippen LogP contribution >= 0.6 is 11.3 Å². The van der Waals surface area contributed by atoms with Crippen LogP contribution in [0.15, 0.2) is 48.0 Å². The first-order valence-electron chi connectivity index (χ1n) is 6.51. The fraction of sp³-hybridized carbons (Fsp3) is 0.200. The topological polar surface area (TPSA) is 50.9 Å². The van der Waals surface area contributed by atoms with Crippen molar-refractivity contribution >= 4 is 11.3 Å². The molecule has 0 aliphatic rings. The maximum absolute atomic E-state index is 10.6. The zero-order valence-electron chi connectivity index (χ0n) is 11.1. The fourth-order valence-electron chi connectivity index (χ4n) is 2.21. The summed E-state index contributed by atoms with van der Waals surface area (Å²) in [7, 11) is 0. The van der Waals surface area contributed by atoms with E-state index in [0.29, 0.717) is 5.69 Å². The van der Waals surface area contributed by atoms with Gasteiger partial charge in [0.2, 0.25) is 0 Å². The minimum Gasteiger partial charge on any atom is -0.381 e. The van der Waals surface area contributed by atoms with Crippen LogP contribution in [0.3, 0.4) is 0 Å². The molecule has 0 aliphatic carbocycles. The Hall–Kier alpha value is -1.98. The van der Waals surface area contributed by atoms with Crippen molar-refractivity contribution in [3.8, 4) is 5.69 Å². The fourth-order valence-corrected chi connectivity index (χ4v) is 3.21. The van der Waals surface area contributed by atoms with Crippen molar-refractivity contribution in [3.63, 3.8) is 0 Å². The molecule has 0 saturated heterocycles. The lowest BCUT2D eigenvalue weighted by Gasteiger charge is -2.12. The molecule has 1 atom stereocenters. The minimum absolute atomic E-state index is 0.688. The monoisotopic (exact) mass is 285 g/mol. The summed E-state index contributed by atoms with van der Waals surface area (Å²) in [6.45, 7) is 2.09. The average molecular weight is 285 g/mol. The second-order valence-electron chi connectivity index (χ2n) is 4.47. The lowest BCUT2D eigenvalue weighted by atomic mass is 10.1. The number of aromatic nitrogens is 3. The number of nitrogens with zero attached hydrogens (tertiary/aromatic N) is 3. The van der Waals surface area contributed by atoms with Gasteiger partial charge in [-0.2, -0.15) is 0 Å². The third-order valence-corrected chi connectivity index (χ3v) is 4.28. The van der Waals surface area contributed by atoms with Gasteiger partial charge in [-0.1, -0.05) is 30.3 Å².